The predicted molar refractivity (Wildman–Crippen MR) is 114 cm³/mol. The third kappa shape index (κ3) is 6.33. The van der Waals surface area contributed by atoms with E-state index in [-0.39, 0.29) is 18.9 Å². The molecule has 0 aliphatic rings. The van der Waals surface area contributed by atoms with E-state index in [0.717, 1.165) is 29.9 Å². The highest BCUT2D eigenvalue weighted by Crippen LogP contribution is 2.33. The maximum absolute atomic E-state index is 12.2. The number of rotatable bonds is 10. The molecule has 2 aromatic rings. The van der Waals surface area contributed by atoms with Crippen LogP contribution < -0.4 is 10.1 Å². The van der Waals surface area contributed by atoms with Gasteiger partial charge < -0.3 is 14.8 Å². The van der Waals surface area contributed by atoms with Crippen LogP contribution >= 0.6 is 11.3 Å². The average molecular weight is 415 g/mol. The molecule has 0 fully saturated rings. The standard InChI is InChI=1S/C22H26N2O4S/c1-4-7-16-9-11-17(12-10-16)28-13-6-8-19(25)24-21-18(14-23)15(3)20(29-21)22(26)27-5-2/h9-12H,4-8,13H2,1-3H3,(H,24,25). The molecule has 1 amide bonds. The Labute approximate surface area is 175 Å². The van der Waals surface area contributed by atoms with Crippen molar-refractivity contribution in [1.29, 1.82) is 5.26 Å². The van der Waals surface area contributed by atoms with Crippen molar-refractivity contribution in [3.63, 3.8) is 0 Å². The van der Waals surface area contributed by atoms with Crippen LogP contribution in [0.4, 0.5) is 5.00 Å². The molecule has 7 heteroatoms. The van der Waals surface area contributed by atoms with Crippen LogP contribution in [0.2, 0.25) is 0 Å². The summed E-state index contributed by atoms with van der Waals surface area (Å²) in [6, 6.07) is 10.0. The first-order chi connectivity index (χ1) is 14.0. The molecule has 0 saturated carbocycles. The molecular formula is C22H26N2O4S. The highest BCUT2D eigenvalue weighted by Gasteiger charge is 2.22. The summed E-state index contributed by atoms with van der Waals surface area (Å²) in [5.74, 6) is 0.0791. The largest absolute Gasteiger partial charge is 0.494 e. The first-order valence-electron chi connectivity index (χ1n) is 9.72. The lowest BCUT2D eigenvalue weighted by molar-refractivity contribution is -0.116. The second-order valence-corrected chi connectivity index (χ2v) is 7.51. The van der Waals surface area contributed by atoms with Crippen LogP contribution in [0.1, 0.15) is 59.5 Å². The summed E-state index contributed by atoms with van der Waals surface area (Å²) >= 11 is 1.07. The number of esters is 1. The van der Waals surface area contributed by atoms with Gasteiger partial charge >= 0.3 is 5.97 Å². The first kappa shape index (κ1) is 22.4. The van der Waals surface area contributed by atoms with Gasteiger partial charge in [0, 0.05) is 6.42 Å². The van der Waals surface area contributed by atoms with Gasteiger partial charge in [0.1, 0.15) is 21.7 Å². The van der Waals surface area contributed by atoms with E-state index in [9.17, 15) is 14.9 Å². The Hall–Kier alpha value is -2.85. The highest BCUT2D eigenvalue weighted by atomic mass is 32.1. The Morgan fingerprint density at radius 3 is 2.55 bits per heavy atom. The summed E-state index contributed by atoms with van der Waals surface area (Å²) in [7, 11) is 0. The van der Waals surface area contributed by atoms with E-state index < -0.39 is 5.97 Å². The number of nitriles is 1. The third-order valence-electron chi connectivity index (χ3n) is 4.25. The lowest BCUT2D eigenvalue weighted by atomic mass is 10.1. The molecule has 0 spiro atoms. The van der Waals surface area contributed by atoms with Gasteiger partial charge in [-0.15, -0.1) is 11.3 Å². The van der Waals surface area contributed by atoms with E-state index in [4.69, 9.17) is 9.47 Å². The van der Waals surface area contributed by atoms with Gasteiger partial charge in [0.15, 0.2) is 0 Å². The Kier molecular flexibility index (Phi) is 8.68. The van der Waals surface area contributed by atoms with Crippen LogP contribution in [0, 0.1) is 18.3 Å². The minimum atomic E-state index is -0.481. The summed E-state index contributed by atoms with van der Waals surface area (Å²) < 4.78 is 10.7. The molecule has 0 saturated heterocycles. The molecule has 2 rings (SSSR count). The van der Waals surface area contributed by atoms with Crippen molar-refractivity contribution >= 4 is 28.2 Å². The summed E-state index contributed by atoms with van der Waals surface area (Å²) in [6.45, 7) is 6.21. The number of nitrogens with zero attached hydrogens (tertiary/aromatic N) is 1. The van der Waals surface area contributed by atoms with Crippen LogP contribution in [-0.2, 0) is 16.0 Å². The number of carbonyl (C=O) groups excluding carboxylic acids is 2. The number of amides is 1. The fourth-order valence-corrected chi connectivity index (χ4v) is 3.85. The lowest BCUT2D eigenvalue weighted by Crippen LogP contribution is -2.12. The Bertz CT molecular complexity index is 881. The van der Waals surface area contributed by atoms with Gasteiger partial charge in [-0.1, -0.05) is 25.5 Å². The maximum atomic E-state index is 12.2. The smallest absolute Gasteiger partial charge is 0.348 e. The van der Waals surface area contributed by atoms with Crippen LogP contribution in [0.25, 0.3) is 0 Å². The number of thiophene rings is 1. The summed E-state index contributed by atoms with van der Waals surface area (Å²) in [5.41, 5.74) is 2.11. The zero-order chi connectivity index (χ0) is 21.2. The minimum Gasteiger partial charge on any atom is -0.494 e. The Morgan fingerprint density at radius 1 is 1.21 bits per heavy atom. The number of carbonyl (C=O) groups is 2. The monoisotopic (exact) mass is 414 g/mol. The molecule has 0 bridgehead atoms. The molecule has 0 radical (unpaired) electrons. The van der Waals surface area contributed by atoms with Crippen molar-refractivity contribution < 1.29 is 19.1 Å². The quantitative estimate of drug-likeness (QED) is 0.443. The molecular weight excluding hydrogens is 388 g/mol. The topological polar surface area (TPSA) is 88.4 Å². The number of benzene rings is 1. The average Bonchev–Trinajstić information content (AvgIpc) is 3.02. The van der Waals surface area contributed by atoms with E-state index in [1.165, 1.54) is 5.56 Å². The summed E-state index contributed by atoms with van der Waals surface area (Å²) in [4.78, 5) is 24.6. The Balaban J connectivity index is 1.85. The zero-order valence-corrected chi connectivity index (χ0v) is 17.9. The van der Waals surface area contributed by atoms with Gasteiger partial charge in [-0.25, -0.2) is 4.79 Å². The van der Waals surface area contributed by atoms with Gasteiger partial charge in [0.2, 0.25) is 5.91 Å². The second kappa shape index (κ2) is 11.2. The maximum Gasteiger partial charge on any atom is 0.348 e. The Morgan fingerprint density at radius 2 is 1.93 bits per heavy atom. The molecule has 1 N–H and O–H groups in total. The molecule has 0 aliphatic carbocycles. The first-order valence-corrected chi connectivity index (χ1v) is 10.5. The summed E-state index contributed by atoms with van der Waals surface area (Å²) in [6.07, 6.45) is 2.95. The van der Waals surface area contributed by atoms with Crippen molar-refractivity contribution in [2.45, 2.75) is 46.5 Å². The van der Waals surface area contributed by atoms with E-state index in [2.05, 4.69) is 30.4 Å². The molecule has 6 nitrogen and oxygen atoms in total. The third-order valence-corrected chi connectivity index (χ3v) is 5.44. The van der Waals surface area contributed by atoms with E-state index in [1.54, 1.807) is 13.8 Å². The number of hydrogen-bond donors (Lipinski definition) is 1. The molecule has 0 unspecified atom stereocenters. The zero-order valence-electron chi connectivity index (χ0n) is 17.0. The SMILES string of the molecule is CCCc1ccc(OCCCC(=O)Nc2sc(C(=O)OCC)c(C)c2C#N)cc1. The summed E-state index contributed by atoms with van der Waals surface area (Å²) in [5, 5.41) is 12.5. The second-order valence-electron chi connectivity index (χ2n) is 6.49. The van der Waals surface area contributed by atoms with Gasteiger partial charge in [-0.2, -0.15) is 5.26 Å². The van der Waals surface area contributed by atoms with Crippen molar-refractivity contribution in [3.8, 4) is 11.8 Å². The number of hydrogen-bond acceptors (Lipinski definition) is 6. The number of ether oxygens (including phenoxy) is 2. The number of nitrogens with one attached hydrogen (secondary N) is 1. The molecule has 154 valence electrons. The van der Waals surface area contributed by atoms with Crippen LogP contribution in [0.3, 0.4) is 0 Å². The molecule has 1 heterocycles. The highest BCUT2D eigenvalue weighted by molar-refractivity contribution is 7.18. The van der Waals surface area contributed by atoms with Gasteiger partial charge in [-0.3, -0.25) is 4.79 Å². The van der Waals surface area contributed by atoms with Crippen LogP contribution in [0.15, 0.2) is 24.3 Å². The van der Waals surface area contributed by atoms with Crippen LogP contribution in [-0.4, -0.2) is 25.1 Å². The van der Waals surface area contributed by atoms with E-state index in [1.807, 2.05) is 12.1 Å². The predicted octanol–water partition coefficient (Wildman–Crippen LogP) is 4.86. The molecule has 1 aromatic carbocycles. The molecule has 29 heavy (non-hydrogen) atoms. The van der Waals surface area contributed by atoms with Crippen molar-refractivity contribution in [2.75, 3.05) is 18.5 Å². The fourth-order valence-electron chi connectivity index (χ4n) is 2.78. The number of aryl methyl sites for hydroxylation is 1. The van der Waals surface area contributed by atoms with Gasteiger partial charge in [0.05, 0.1) is 18.8 Å². The normalized spacial score (nSPS) is 10.3. The minimum absolute atomic E-state index is 0.222. The lowest BCUT2D eigenvalue weighted by Gasteiger charge is -2.07. The van der Waals surface area contributed by atoms with Gasteiger partial charge in [0.25, 0.3) is 0 Å². The van der Waals surface area contributed by atoms with Gasteiger partial charge in [-0.05, 0) is 49.9 Å². The van der Waals surface area contributed by atoms with Crippen LogP contribution in [0.5, 0.6) is 5.75 Å². The van der Waals surface area contributed by atoms with E-state index >= 15 is 0 Å². The molecule has 1 aromatic heterocycles. The van der Waals surface area contributed by atoms with E-state index in [0.29, 0.717) is 34.0 Å². The van der Waals surface area contributed by atoms with Crippen molar-refractivity contribution in [1.82, 2.24) is 0 Å². The molecule has 0 aliphatic heterocycles. The van der Waals surface area contributed by atoms with Crippen molar-refractivity contribution in [2.24, 2.45) is 0 Å². The fraction of sp³-hybridized carbons (Fsp3) is 0.409. The van der Waals surface area contributed by atoms with Crippen molar-refractivity contribution in [3.05, 3.63) is 45.8 Å². The molecule has 0 atom stereocenters. The number of anilines is 1.